The molecule has 1 unspecified atom stereocenters. The van der Waals surface area contributed by atoms with Crippen molar-refractivity contribution in [1.29, 1.82) is 0 Å². The average Bonchev–Trinajstić information content (AvgIpc) is 2.30. The normalized spacial score (nSPS) is 11.9. The standard InChI is InChI=1S/C13H19ClO.ClH/c14-11-7-2-1-6-10-13(15)12-8-4-3-5-9-12;/h3-5,8-9,13,15H,1-2,6-7,10-11H2;1H. The minimum atomic E-state index is -0.304. The van der Waals surface area contributed by atoms with Crippen molar-refractivity contribution in [2.75, 3.05) is 5.88 Å². The quantitative estimate of drug-likeness (QED) is 0.573. The molecule has 1 atom stereocenters. The molecular formula is C13H20Cl2O. The number of rotatable bonds is 7. The van der Waals surface area contributed by atoms with E-state index in [4.69, 9.17) is 11.6 Å². The highest BCUT2D eigenvalue weighted by Gasteiger charge is 2.05. The Bertz CT molecular complexity index is 251. The predicted molar refractivity (Wildman–Crippen MR) is 72.5 cm³/mol. The zero-order valence-electron chi connectivity index (χ0n) is 9.44. The first-order valence-corrected chi connectivity index (χ1v) is 6.17. The zero-order chi connectivity index (χ0) is 10.9. The van der Waals surface area contributed by atoms with Gasteiger partial charge in [-0.2, -0.15) is 0 Å². The second kappa shape index (κ2) is 9.95. The highest BCUT2D eigenvalue weighted by Crippen LogP contribution is 2.19. The Morgan fingerprint density at radius 1 is 1.00 bits per heavy atom. The second-order valence-corrected chi connectivity index (χ2v) is 4.20. The molecule has 1 nitrogen and oxygen atoms in total. The fourth-order valence-electron chi connectivity index (χ4n) is 1.63. The highest BCUT2D eigenvalue weighted by molar-refractivity contribution is 6.17. The van der Waals surface area contributed by atoms with Gasteiger partial charge in [-0.15, -0.1) is 24.0 Å². The zero-order valence-corrected chi connectivity index (χ0v) is 11.0. The fraction of sp³-hybridized carbons (Fsp3) is 0.538. The summed E-state index contributed by atoms with van der Waals surface area (Å²) in [6.07, 6.45) is 5.05. The SMILES string of the molecule is Cl.OC(CCCCCCCl)c1ccccc1. The van der Waals surface area contributed by atoms with E-state index in [9.17, 15) is 5.11 Å². The number of unbranched alkanes of at least 4 members (excludes halogenated alkanes) is 3. The summed E-state index contributed by atoms with van der Waals surface area (Å²) < 4.78 is 0. The van der Waals surface area contributed by atoms with Crippen molar-refractivity contribution in [2.45, 2.75) is 38.2 Å². The molecule has 0 saturated heterocycles. The van der Waals surface area contributed by atoms with Crippen LogP contribution in [0.15, 0.2) is 30.3 Å². The largest absolute Gasteiger partial charge is 0.388 e. The molecule has 16 heavy (non-hydrogen) atoms. The van der Waals surface area contributed by atoms with Crippen LogP contribution in [-0.4, -0.2) is 11.0 Å². The first kappa shape index (κ1) is 15.8. The minimum Gasteiger partial charge on any atom is -0.388 e. The summed E-state index contributed by atoms with van der Waals surface area (Å²) in [7, 11) is 0. The number of alkyl halides is 1. The lowest BCUT2D eigenvalue weighted by Crippen LogP contribution is -1.96. The van der Waals surface area contributed by atoms with Gasteiger partial charge in [0.05, 0.1) is 6.10 Å². The summed E-state index contributed by atoms with van der Waals surface area (Å²) >= 11 is 5.59. The Kier molecular flexibility index (Phi) is 9.80. The summed E-state index contributed by atoms with van der Waals surface area (Å²) in [5.74, 6) is 0.751. The van der Waals surface area contributed by atoms with Gasteiger partial charge in [0.15, 0.2) is 0 Å². The van der Waals surface area contributed by atoms with Crippen LogP contribution in [0.4, 0.5) is 0 Å². The van der Waals surface area contributed by atoms with E-state index in [1.54, 1.807) is 0 Å². The summed E-state index contributed by atoms with van der Waals surface area (Å²) in [6.45, 7) is 0. The van der Waals surface area contributed by atoms with E-state index in [0.717, 1.165) is 37.1 Å². The Morgan fingerprint density at radius 2 is 1.62 bits per heavy atom. The molecule has 0 spiro atoms. The Balaban J connectivity index is 0.00000225. The van der Waals surface area contributed by atoms with Crippen LogP contribution in [0.5, 0.6) is 0 Å². The van der Waals surface area contributed by atoms with Crippen molar-refractivity contribution < 1.29 is 5.11 Å². The van der Waals surface area contributed by atoms with Crippen molar-refractivity contribution in [3.05, 3.63) is 35.9 Å². The summed E-state index contributed by atoms with van der Waals surface area (Å²) in [6, 6.07) is 9.85. The van der Waals surface area contributed by atoms with Gasteiger partial charge in [0.2, 0.25) is 0 Å². The molecule has 0 radical (unpaired) electrons. The van der Waals surface area contributed by atoms with Crippen molar-refractivity contribution in [2.24, 2.45) is 0 Å². The third kappa shape index (κ3) is 6.37. The number of halogens is 2. The topological polar surface area (TPSA) is 20.2 Å². The minimum absolute atomic E-state index is 0. The van der Waals surface area contributed by atoms with Crippen LogP contribution in [0.25, 0.3) is 0 Å². The smallest absolute Gasteiger partial charge is 0.0790 e. The van der Waals surface area contributed by atoms with Gasteiger partial charge < -0.3 is 5.11 Å². The predicted octanol–water partition coefficient (Wildman–Crippen LogP) is 4.33. The lowest BCUT2D eigenvalue weighted by Gasteiger charge is -2.10. The number of hydrogen-bond donors (Lipinski definition) is 1. The van der Waals surface area contributed by atoms with E-state index in [0.29, 0.717) is 0 Å². The first-order valence-electron chi connectivity index (χ1n) is 5.63. The summed E-state index contributed by atoms with van der Waals surface area (Å²) in [5, 5.41) is 9.85. The molecule has 0 aliphatic rings. The Hall–Kier alpha value is -0.240. The van der Waals surface area contributed by atoms with Crippen LogP contribution >= 0.6 is 24.0 Å². The van der Waals surface area contributed by atoms with Gasteiger partial charge >= 0.3 is 0 Å². The molecule has 1 aromatic rings. The molecule has 0 heterocycles. The molecule has 0 aliphatic heterocycles. The van der Waals surface area contributed by atoms with Gasteiger partial charge in [-0.25, -0.2) is 0 Å². The maximum Gasteiger partial charge on any atom is 0.0790 e. The molecular weight excluding hydrogens is 243 g/mol. The van der Waals surface area contributed by atoms with Crippen LogP contribution in [0.3, 0.4) is 0 Å². The third-order valence-electron chi connectivity index (χ3n) is 2.55. The molecule has 0 saturated carbocycles. The maximum absolute atomic E-state index is 9.85. The van der Waals surface area contributed by atoms with Crippen LogP contribution in [0.2, 0.25) is 0 Å². The maximum atomic E-state index is 9.85. The Labute approximate surface area is 109 Å². The summed E-state index contributed by atoms with van der Waals surface area (Å²) in [5.41, 5.74) is 1.02. The summed E-state index contributed by atoms with van der Waals surface area (Å²) in [4.78, 5) is 0. The van der Waals surface area contributed by atoms with Gasteiger partial charge in [0, 0.05) is 5.88 Å². The van der Waals surface area contributed by atoms with Gasteiger partial charge in [0.25, 0.3) is 0 Å². The van der Waals surface area contributed by atoms with E-state index < -0.39 is 0 Å². The number of hydrogen-bond acceptors (Lipinski definition) is 1. The molecule has 1 aromatic carbocycles. The van der Waals surface area contributed by atoms with E-state index in [1.165, 1.54) is 6.42 Å². The van der Waals surface area contributed by atoms with Crippen molar-refractivity contribution >= 4 is 24.0 Å². The third-order valence-corrected chi connectivity index (χ3v) is 2.81. The lowest BCUT2D eigenvalue weighted by molar-refractivity contribution is 0.163. The molecule has 0 amide bonds. The first-order chi connectivity index (χ1) is 7.34. The highest BCUT2D eigenvalue weighted by atomic mass is 35.5. The van der Waals surface area contributed by atoms with E-state index in [-0.39, 0.29) is 18.5 Å². The molecule has 1 N–H and O–H groups in total. The molecule has 0 aromatic heterocycles. The monoisotopic (exact) mass is 262 g/mol. The number of aliphatic hydroxyl groups excluding tert-OH is 1. The van der Waals surface area contributed by atoms with Crippen LogP contribution < -0.4 is 0 Å². The van der Waals surface area contributed by atoms with Gasteiger partial charge in [-0.1, -0.05) is 49.6 Å². The van der Waals surface area contributed by atoms with Crippen LogP contribution in [-0.2, 0) is 0 Å². The molecule has 1 rings (SSSR count). The number of benzene rings is 1. The van der Waals surface area contributed by atoms with E-state index in [2.05, 4.69) is 0 Å². The van der Waals surface area contributed by atoms with Crippen molar-refractivity contribution in [3.8, 4) is 0 Å². The van der Waals surface area contributed by atoms with Crippen LogP contribution in [0, 0.1) is 0 Å². The van der Waals surface area contributed by atoms with Gasteiger partial charge in [-0.05, 0) is 18.4 Å². The molecule has 0 fully saturated rings. The van der Waals surface area contributed by atoms with Crippen molar-refractivity contribution in [1.82, 2.24) is 0 Å². The Morgan fingerprint density at radius 3 is 2.25 bits per heavy atom. The average molecular weight is 263 g/mol. The second-order valence-electron chi connectivity index (χ2n) is 3.82. The molecule has 0 aliphatic carbocycles. The molecule has 0 bridgehead atoms. The van der Waals surface area contributed by atoms with E-state index in [1.807, 2.05) is 30.3 Å². The number of aliphatic hydroxyl groups is 1. The van der Waals surface area contributed by atoms with E-state index >= 15 is 0 Å². The van der Waals surface area contributed by atoms with Crippen molar-refractivity contribution in [3.63, 3.8) is 0 Å². The molecule has 3 heteroatoms. The van der Waals surface area contributed by atoms with Gasteiger partial charge in [-0.3, -0.25) is 0 Å². The van der Waals surface area contributed by atoms with Gasteiger partial charge in [0.1, 0.15) is 0 Å². The van der Waals surface area contributed by atoms with Crippen LogP contribution in [0.1, 0.15) is 43.8 Å². The lowest BCUT2D eigenvalue weighted by atomic mass is 10.0. The molecule has 92 valence electrons. The fourth-order valence-corrected chi connectivity index (χ4v) is 1.82.